The predicted octanol–water partition coefficient (Wildman–Crippen LogP) is 5.36. The fraction of sp³-hybridized carbons (Fsp3) is 0.120. The van der Waals surface area contributed by atoms with Crippen molar-refractivity contribution in [2.75, 3.05) is 11.9 Å². The molecule has 5 heteroatoms. The van der Waals surface area contributed by atoms with Crippen molar-refractivity contribution < 1.29 is 9.53 Å². The summed E-state index contributed by atoms with van der Waals surface area (Å²) in [6, 6.07) is 19.3. The van der Waals surface area contributed by atoms with Gasteiger partial charge in [-0.1, -0.05) is 30.3 Å². The number of carbonyl (C=O) groups excluding carboxylic acids is 1. The molecule has 0 aliphatic heterocycles. The minimum atomic E-state index is -0.188. The van der Waals surface area contributed by atoms with Gasteiger partial charge in [0.15, 0.2) is 0 Å². The van der Waals surface area contributed by atoms with Gasteiger partial charge in [0.25, 0.3) is 0 Å². The zero-order valence-electron chi connectivity index (χ0n) is 17.0. The second-order valence-electron chi connectivity index (χ2n) is 7.00. The topological polar surface area (TPSA) is 55.6 Å². The number of pyridine rings is 1. The van der Waals surface area contributed by atoms with Crippen molar-refractivity contribution in [3.05, 3.63) is 90.3 Å². The van der Waals surface area contributed by atoms with Gasteiger partial charge in [0.1, 0.15) is 11.4 Å². The van der Waals surface area contributed by atoms with Gasteiger partial charge in [-0.15, -0.1) is 0 Å². The molecule has 0 saturated heterocycles. The number of amides is 1. The first-order valence-electron chi connectivity index (χ1n) is 9.88. The van der Waals surface area contributed by atoms with Gasteiger partial charge in [0, 0.05) is 29.7 Å². The maximum atomic E-state index is 12.3. The summed E-state index contributed by atoms with van der Waals surface area (Å²) in [6.07, 6.45) is 7.34. The fourth-order valence-corrected chi connectivity index (χ4v) is 3.20. The molecule has 0 bridgehead atoms. The van der Waals surface area contributed by atoms with Crippen molar-refractivity contribution in [3.8, 4) is 17.0 Å². The standard InChI is InChI=1S/C25H23N3O2/c1-3-30-22-11-8-19(9-12-22)10-14-25(29)26-21-6-4-5-20(15-21)23-17-28-16-18(2)7-13-24(28)27-23/h4-17H,3H2,1-2H3,(H,26,29)/b14-10+. The van der Waals surface area contributed by atoms with E-state index in [0.717, 1.165) is 33.9 Å². The Kier molecular flexibility index (Phi) is 5.61. The molecule has 2 heterocycles. The minimum absolute atomic E-state index is 0.188. The molecule has 2 aromatic heterocycles. The van der Waals surface area contributed by atoms with Crippen LogP contribution < -0.4 is 10.1 Å². The van der Waals surface area contributed by atoms with E-state index >= 15 is 0 Å². The molecular weight excluding hydrogens is 374 g/mol. The zero-order chi connectivity index (χ0) is 20.9. The van der Waals surface area contributed by atoms with Crippen LogP contribution in [0.5, 0.6) is 5.75 Å². The number of aromatic nitrogens is 2. The number of rotatable bonds is 6. The first-order valence-corrected chi connectivity index (χ1v) is 9.88. The lowest BCUT2D eigenvalue weighted by Gasteiger charge is -2.04. The van der Waals surface area contributed by atoms with E-state index in [1.54, 1.807) is 6.08 Å². The van der Waals surface area contributed by atoms with E-state index in [1.807, 2.05) is 84.4 Å². The van der Waals surface area contributed by atoms with Gasteiger partial charge in [0.2, 0.25) is 5.91 Å². The van der Waals surface area contributed by atoms with Crippen molar-refractivity contribution in [3.63, 3.8) is 0 Å². The molecule has 0 fully saturated rings. The van der Waals surface area contributed by atoms with Crippen LogP contribution in [0.15, 0.2) is 79.1 Å². The summed E-state index contributed by atoms with van der Waals surface area (Å²) in [5.74, 6) is 0.629. The normalized spacial score (nSPS) is 11.1. The van der Waals surface area contributed by atoms with Crippen LogP contribution in [-0.2, 0) is 4.79 Å². The monoisotopic (exact) mass is 397 g/mol. The first kappa shape index (κ1) is 19.5. The lowest BCUT2D eigenvalue weighted by molar-refractivity contribution is -0.111. The number of benzene rings is 2. The number of hydrogen-bond donors (Lipinski definition) is 1. The largest absolute Gasteiger partial charge is 0.494 e. The van der Waals surface area contributed by atoms with Crippen LogP contribution in [0.1, 0.15) is 18.1 Å². The van der Waals surface area contributed by atoms with Crippen molar-refractivity contribution in [1.29, 1.82) is 0 Å². The molecular formula is C25H23N3O2. The highest BCUT2D eigenvalue weighted by molar-refractivity contribution is 6.02. The van der Waals surface area contributed by atoms with E-state index < -0.39 is 0 Å². The Morgan fingerprint density at radius 2 is 1.93 bits per heavy atom. The van der Waals surface area contributed by atoms with E-state index in [2.05, 4.69) is 17.2 Å². The van der Waals surface area contributed by atoms with Gasteiger partial charge < -0.3 is 14.5 Å². The van der Waals surface area contributed by atoms with Crippen LogP contribution in [0.25, 0.3) is 23.0 Å². The molecule has 0 saturated carbocycles. The van der Waals surface area contributed by atoms with Crippen molar-refractivity contribution >= 4 is 23.3 Å². The van der Waals surface area contributed by atoms with E-state index in [0.29, 0.717) is 6.61 Å². The van der Waals surface area contributed by atoms with Crippen LogP contribution in [0, 0.1) is 6.92 Å². The molecule has 150 valence electrons. The average Bonchev–Trinajstić information content (AvgIpc) is 3.17. The number of carbonyl (C=O) groups is 1. The maximum Gasteiger partial charge on any atom is 0.248 e. The number of nitrogens with zero attached hydrogens (tertiary/aromatic N) is 2. The molecule has 4 rings (SSSR count). The Bertz CT molecular complexity index is 1210. The Hall–Kier alpha value is -3.86. The molecule has 5 nitrogen and oxygen atoms in total. The predicted molar refractivity (Wildman–Crippen MR) is 121 cm³/mol. The van der Waals surface area contributed by atoms with E-state index in [4.69, 9.17) is 4.74 Å². The third kappa shape index (κ3) is 4.58. The molecule has 2 aromatic carbocycles. The van der Waals surface area contributed by atoms with Crippen molar-refractivity contribution in [1.82, 2.24) is 9.38 Å². The van der Waals surface area contributed by atoms with Crippen LogP contribution in [0.4, 0.5) is 5.69 Å². The molecule has 4 aromatic rings. The Morgan fingerprint density at radius 1 is 1.10 bits per heavy atom. The summed E-state index contributed by atoms with van der Waals surface area (Å²) in [7, 11) is 0. The van der Waals surface area contributed by atoms with Gasteiger partial charge in [-0.3, -0.25) is 4.79 Å². The highest BCUT2D eigenvalue weighted by atomic mass is 16.5. The molecule has 1 amide bonds. The number of nitrogens with one attached hydrogen (secondary N) is 1. The van der Waals surface area contributed by atoms with Crippen molar-refractivity contribution in [2.45, 2.75) is 13.8 Å². The van der Waals surface area contributed by atoms with Crippen LogP contribution >= 0.6 is 0 Å². The van der Waals surface area contributed by atoms with Gasteiger partial charge >= 0.3 is 0 Å². The Labute approximate surface area is 175 Å². The highest BCUT2D eigenvalue weighted by Gasteiger charge is 2.06. The molecule has 0 atom stereocenters. The summed E-state index contributed by atoms with van der Waals surface area (Å²) in [5.41, 5.74) is 5.53. The van der Waals surface area contributed by atoms with Gasteiger partial charge in [-0.25, -0.2) is 4.98 Å². The number of fused-ring (bicyclic) bond motifs is 1. The fourth-order valence-electron chi connectivity index (χ4n) is 3.20. The number of aryl methyl sites for hydroxylation is 1. The van der Waals surface area contributed by atoms with E-state index in [-0.39, 0.29) is 5.91 Å². The lowest BCUT2D eigenvalue weighted by atomic mass is 10.1. The van der Waals surface area contributed by atoms with Crippen LogP contribution in [0.3, 0.4) is 0 Å². The van der Waals surface area contributed by atoms with Crippen LogP contribution in [-0.4, -0.2) is 21.9 Å². The van der Waals surface area contributed by atoms with E-state index in [9.17, 15) is 4.79 Å². The number of hydrogen-bond acceptors (Lipinski definition) is 3. The second kappa shape index (κ2) is 8.66. The lowest BCUT2D eigenvalue weighted by Crippen LogP contribution is -2.07. The third-order valence-corrected chi connectivity index (χ3v) is 4.64. The summed E-state index contributed by atoms with van der Waals surface area (Å²) < 4.78 is 7.44. The molecule has 0 spiro atoms. The molecule has 30 heavy (non-hydrogen) atoms. The summed E-state index contributed by atoms with van der Waals surface area (Å²) in [4.78, 5) is 17.0. The quantitative estimate of drug-likeness (QED) is 0.446. The Balaban J connectivity index is 1.46. The summed E-state index contributed by atoms with van der Waals surface area (Å²) >= 11 is 0. The van der Waals surface area contributed by atoms with Gasteiger partial charge in [0.05, 0.1) is 12.3 Å². The third-order valence-electron chi connectivity index (χ3n) is 4.64. The van der Waals surface area contributed by atoms with E-state index in [1.165, 1.54) is 11.6 Å². The maximum absolute atomic E-state index is 12.3. The molecule has 0 aliphatic rings. The number of ether oxygens (including phenoxy) is 1. The first-order chi connectivity index (χ1) is 14.6. The highest BCUT2D eigenvalue weighted by Crippen LogP contribution is 2.23. The van der Waals surface area contributed by atoms with Crippen molar-refractivity contribution in [2.24, 2.45) is 0 Å². The zero-order valence-corrected chi connectivity index (χ0v) is 17.0. The summed E-state index contributed by atoms with van der Waals surface area (Å²) in [6.45, 7) is 4.63. The smallest absolute Gasteiger partial charge is 0.248 e. The minimum Gasteiger partial charge on any atom is -0.494 e. The molecule has 0 radical (unpaired) electrons. The molecule has 0 aliphatic carbocycles. The molecule has 1 N–H and O–H groups in total. The number of anilines is 1. The van der Waals surface area contributed by atoms with Gasteiger partial charge in [-0.05, 0) is 61.4 Å². The average molecular weight is 397 g/mol. The Morgan fingerprint density at radius 3 is 2.73 bits per heavy atom. The number of imidazole rings is 1. The SMILES string of the molecule is CCOc1ccc(/C=C/C(=O)Nc2cccc(-c3cn4cc(C)ccc4n3)c2)cc1. The van der Waals surface area contributed by atoms with Crippen LogP contribution in [0.2, 0.25) is 0 Å². The summed E-state index contributed by atoms with van der Waals surface area (Å²) in [5, 5.41) is 2.91. The van der Waals surface area contributed by atoms with Gasteiger partial charge in [-0.2, -0.15) is 0 Å². The second-order valence-corrected chi connectivity index (χ2v) is 7.00. The molecule has 0 unspecified atom stereocenters.